The van der Waals surface area contributed by atoms with Crippen LogP contribution in [0.3, 0.4) is 0 Å². The van der Waals surface area contributed by atoms with Crippen molar-refractivity contribution in [1.29, 1.82) is 0 Å². The highest BCUT2D eigenvalue weighted by Gasteiger charge is 2.51. The number of nitrogens with one attached hydrogen (secondary N) is 1. The Balaban J connectivity index is 1.77. The molecule has 0 bridgehead atoms. The van der Waals surface area contributed by atoms with Gasteiger partial charge in [0.15, 0.2) is 0 Å². The molecule has 0 aromatic carbocycles. The fourth-order valence-electron chi connectivity index (χ4n) is 3.46. The van der Waals surface area contributed by atoms with Crippen LogP contribution in [0, 0.1) is 0 Å². The molecule has 7 nitrogen and oxygen atoms in total. The fourth-order valence-corrected chi connectivity index (χ4v) is 5.20. The summed E-state index contributed by atoms with van der Waals surface area (Å²) in [5, 5.41) is 4.78. The number of amides is 1. The minimum absolute atomic E-state index is 0.0306. The number of hydrogen-bond acceptors (Lipinski definition) is 6. The smallest absolute Gasteiger partial charge is 0.335 e. The lowest BCUT2D eigenvalue weighted by molar-refractivity contribution is -0.150. The molecule has 3 rings (SSSR count). The standard InChI is InChI=1S/C17H22N2O5S2/c1-3-26(22,23)19-8-6-17(7-9-19)14(12(2)16(21)24-17)15(20)18-11-13-5-4-10-25-13/h4-5,10H,3,6-9,11H2,1-2H3,(H,18,20). The first-order valence-corrected chi connectivity index (χ1v) is 11.0. The number of ether oxygens (including phenoxy) is 1. The SMILES string of the molecule is CCS(=O)(=O)N1CCC2(CC1)OC(=O)C(C)=C2C(=O)NCc1cccs1. The third-order valence-electron chi connectivity index (χ3n) is 4.94. The lowest BCUT2D eigenvalue weighted by atomic mass is 9.83. The molecule has 0 aliphatic carbocycles. The van der Waals surface area contributed by atoms with Gasteiger partial charge in [0.25, 0.3) is 5.91 Å². The molecule has 0 atom stereocenters. The van der Waals surface area contributed by atoms with Gasteiger partial charge in [-0.15, -0.1) is 11.3 Å². The second-order valence-corrected chi connectivity index (χ2v) is 9.74. The van der Waals surface area contributed by atoms with Crippen LogP contribution in [0.5, 0.6) is 0 Å². The van der Waals surface area contributed by atoms with Crippen molar-refractivity contribution in [1.82, 2.24) is 9.62 Å². The van der Waals surface area contributed by atoms with E-state index in [-0.39, 0.29) is 37.6 Å². The van der Waals surface area contributed by atoms with Crippen LogP contribution in [0.2, 0.25) is 0 Å². The van der Waals surface area contributed by atoms with Crippen LogP contribution in [0.15, 0.2) is 28.7 Å². The summed E-state index contributed by atoms with van der Waals surface area (Å²) in [6.45, 7) is 4.04. The van der Waals surface area contributed by atoms with Gasteiger partial charge in [-0.3, -0.25) is 4.79 Å². The monoisotopic (exact) mass is 398 g/mol. The van der Waals surface area contributed by atoms with Crippen LogP contribution in [0.1, 0.15) is 31.6 Å². The number of carbonyl (C=O) groups excluding carboxylic acids is 2. The Morgan fingerprint density at radius 3 is 2.65 bits per heavy atom. The van der Waals surface area contributed by atoms with Crippen molar-refractivity contribution >= 4 is 33.2 Å². The number of esters is 1. The average molecular weight is 399 g/mol. The molecule has 1 aromatic rings. The molecule has 2 aliphatic heterocycles. The molecular formula is C17H22N2O5S2. The van der Waals surface area contributed by atoms with Gasteiger partial charge in [0.1, 0.15) is 5.60 Å². The number of piperidine rings is 1. The summed E-state index contributed by atoms with van der Waals surface area (Å²) in [5.74, 6) is -0.797. The molecule has 3 heterocycles. The predicted octanol–water partition coefficient (Wildman–Crippen LogP) is 1.42. The predicted molar refractivity (Wildman–Crippen MR) is 98.0 cm³/mol. The molecule has 2 aliphatic rings. The largest absolute Gasteiger partial charge is 0.450 e. The first-order valence-electron chi connectivity index (χ1n) is 8.52. The zero-order valence-electron chi connectivity index (χ0n) is 14.8. The van der Waals surface area contributed by atoms with Crippen LogP contribution >= 0.6 is 11.3 Å². The molecule has 1 aromatic heterocycles. The highest BCUT2D eigenvalue weighted by Crippen LogP contribution is 2.41. The van der Waals surface area contributed by atoms with Crippen molar-refractivity contribution in [3.63, 3.8) is 0 Å². The summed E-state index contributed by atoms with van der Waals surface area (Å²) < 4.78 is 31.1. The Morgan fingerprint density at radius 2 is 2.08 bits per heavy atom. The highest BCUT2D eigenvalue weighted by atomic mass is 32.2. The molecule has 26 heavy (non-hydrogen) atoms. The van der Waals surface area contributed by atoms with Crippen molar-refractivity contribution in [2.45, 2.75) is 38.8 Å². The molecule has 1 amide bonds. The van der Waals surface area contributed by atoms with E-state index in [4.69, 9.17) is 4.74 Å². The summed E-state index contributed by atoms with van der Waals surface area (Å²) >= 11 is 1.54. The summed E-state index contributed by atoms with van der Waals surface area (Å²) in [4.78, 5) is 25.9. The van der Waals surface area contributed by atoms with Gasteiger partial charge in [-0.25, -0.2) is 17.5 Å². The second-order valence-electron chi connectivity index (χ2n) is 6.45. The number of thiophene rings is 1. The Labute approximate surface area is 157 Å². The van der Waals surface area contributed by atoms with E-state index in [0.29, 0.717) is 17.7 Å². The van der Waals surface area contributed by atoms with Crippen LogP contribution in [-0.2, 0) is 30.9 Å². The Hall–Kier alpha value is -1.71. The molecule has 0 radical (unpaired) electrons. The van der Waals surface area contributed by atoms with E-state index in [1.807, 2.05) is 17.5 Å². The maximum Gasteiger partial charge on any atom is 0.335 e. The zero-order chi connectivity index (χ0) is 18.9. The van der Waals surface area contributed by atoms with Gasteiger partial charge in [0.2, 0.25) is 10.0 Å². The minimum atomic E-state index is -3.29. The van der Waals surface area contributed by atoms with Crippen LogP contribution in [0.25, 0.3) is 0 Å². The quantitative estimate of drug-likeness (QED) is 0.758. The molecule has 0 saturated carbocycles. The molecule has 1 saturated heterocycles. The van der Waals surface area contributed by atoms with Gasteiger partial charge in [-0.05, 0) is 25.3 Å². The van der Waals surface area contributed by atoms with E-state index in [1.54, 1.807) is 13.8 Å². The summed E-state index contributed by atoms with van der Waals surface area (Å²) in [5.41, 5.74) is -0.381. The van der Waals surface area contributed by atoms with Gasteiger partial charge in [-0.1, -0.05) is 6.07 Å². The zero-order valence-corrected chi connectivity index (χ0v) is 16.4. The van der Waals surface area contributed by atoms with Crippen molar-refractivity contribution in [3.05, 3.63) is 33.5 Å². The lowest BCUT2D eigenvalue weighted by Crippen LogP contribution is -2.50. The maximum atomic E-state index is 12.8. The van der Waals surface area contributed by atoms with E-state index < -0.39 is 21.6 Å². The van der Waals surface area contributed by atoms with Crippen molar-refractivity contribution < 1.29 is 22.7 Å². The van der Waals surface area contributed by atoms with Crippen molar-refractivity contribution in [2.75, 3.05) is 18.8 Å². The minimum Gasteiger partial charge on any atom is -0.450 e. The summed E-state index contributed by atoms with van der Waals surface area (Å²) in [7, 11) is -3.29. The van der Waals surface area contributed by atoms with E-state index in [9.17, 15) is 18.0 Å². The molecule has 1 N–H and O–H groups in total. The molecule has 0 unspecified atom stereocenters. The third-order valence-corrected chi connectivity index (χ3v) is 7.70. The second kappa shape index (κ2) is 7.13. The number of nitrogens with zero attached hydrogens (tertiary/aromatic N) is 1. The number of sulfonamides is 1. The molecule has 1 fully saturated rings. The number of carbonyl (C=O) groups is 2. The summed E-state index contributed by atoms with van der Waals surface area (Å²) in [6, 6.07) is 3.83. The van der Waals surface area contributed by atoms with Crippen molar-refractivity contribution in [2.24, 2.45) is 0 Å². The van der Waals surface area contributed by atoms with Gasteiger partial charge in [0, 0.05) is 36.4 Å². The first-order chi connectivity index (χ1) is 12.3. The van der Waals surface area contributed by atoms with E-state index >= 15 is 0 Å². The number of hydrogen-bond donors (Lipinski definition) is 1. The van der Waals surface area contributed by atoms with Crippen LogP contribution in [-0.4, -0.2) is 49.0 Å². The third kappa shape index (κ3) is 3.43. The van der Waals surface area contributed by atoms with E-state index in [1.165, 1.54) is 15.6 Å². The molecule has 9 heteroatoms. The molecule has 142 valence electrons. The highest BCUT2D eigenvalue weighted by molar-refractivity contribution is 7.89. The maximum absolute atomic E-state index is 12.8. The normalized spacial score (nSPS) is 20.5. The Morgan fingerprint density at radius 1 is 1.38 bits per heavy atom. The summed E-state index contributed by atoms with van der Waals surface area (Å²) in [6.07, 6.45) is 0.578. The Kier molecular flexibility index (Phi) is 5.23. The number of rotatable bonds is 5. The first kappa shape index (κ1) is 19.1. The van der Waals surface area contributed by atoms with Crippen LogP contribution < -0.4 is 5.32 Å². The van der Waals surface area contributed by atoms with Crippen LogP contribution in [0.4, 0.5) is 0 Å². The lowest BCUT2D eigenvalue weighted by Gasteiger charge is -2.38. The molecular weight excluding hydrogens is 376 g/mol. The fraction of sp³-hybridized carbons (Fsp3) is 0.529. The molecule has 1 spiro atoms. The Bertz CT molecular complexity index is 835. The van der Waals surface area contributed by atoms with Gasteiger partial charge in [-0.2, -0.15) is 0 Å². The topological polar surface area (TPSA) is 92.8 Å². The van der Waals surface area contributed by atoms with Gasteiger partial charge < -0.3 is 10.1 Å². The van der Waals surface area contributed by atoms with Gasteiger partial charge in [0.05, 0.1) is 17.9 Å². The van der Waals surface area contributed by atoms with E-state index in [2.05, 4.69) is 5.32 Å². The van der Waals surface area contributed by atoms with Crippen molar-refractivity contribution in [3.8, 4) is 0 Å². The van der Waals surface area contributed by atoms with E-state index in [0.717, 1.165) is 4.88 Å². The average Bonchev–Trinajstić information content (AvgIpc) is 3.21. The van der Waals surface area contributed by atoms with Gasteiger partial charge >= 0.3 is 5.97 Å².